The summed E-state index contributed by atoms with van der Waals surface area (Å²) in [5.74, 6) is 1.50. The van der Waals surface area contributed by atoms with Gasteiger partial charge in [0.15, 0.2) is 9.50 Å². The molecule has 1 N–H and O–H groups in total. The molecule has 2 aromatic heterocycles. The second kappa shape index (κ2) is 9.63. The number of thiazole rings is 1. The van der Waals surface area contributed by atoms with Crippen LogP contribution in [0.15, 0.2) is 64.1 Å². The summed E-state index contributed by atoms with van der Waals surface area (Å²) in [6.45, 7) is 2.53. The van der Waals surface area contributed by atoms with Crippen LogP contribution in [0.5, 0.6) is 0 Å². The summed E-state index contributed by atoms with van der Waals surface area (Å²) >= 11 is 4.77. The summed E-state index contributed by atoms with van der Waals surface area (Å²) in [5, 5.41) is 12.0. The van der Waals surface area contributed by atoms with Gasteiger partial charge in [0.05, 0.1) is 27.8 Å². The third kappa shape index (κ3) is 4.85. The number of fused-ring (bicyclic) bond motifs is 1. The Balaban J connectivity index is 1.56. The molecule has 9 heteroatoms. The fourth-order valence-corrected chi connectivity index (χ4v) is 5.83. The summed E-state index contributed by atoms with van der Waals surface area (Å²) in [6.07, 6.45) is 0. The zero-order valence-corrected chi connectivity index (χ0v) is 19.1. The minimum absolute atomic E-state index is 0.0281. The van der Waals surface area contributed by atoms with Crippen molar-refractivity contribution in [2.45, 2.75) is 34.0 Å². The highest BCUT2D eigenvalue weighted by Crippen LogP contribution is 2.32. The average molecular weight is 456 g/mol. The maximum atomic E-state index is 12.0. The first-order valence-corrected chi connectivity index (χ1v) is 12.1. The Kier molecular flexibility index (Phi) is 6.71. The maximum Gasteiger partial charge on any atom is 0.233 e. The number of nitrogens with one attached hydrogen (secondary N) is 1. The highest BCUT2D eigenvalue weighted by Gasteiger charge is 2.20. The van der Waals surface area contributed by atoms with Crippen LogP contribution in [0.4, 0.5) is 0 Å². The number of para-hydroxylation sites is 1. The molecule has 0 aliphatic rings. The normalized spacial score (nSPS) is 12.2. The molecule has 0 radical (unpaired) electrons. The first kappa shape index (κ1) is 20.9. The average Bonchev–Trinajstić information content (AvgIpc) is 3.36. The topological polar surface area (TPSA) is 72.7 Å². The Morgan fingerprint density at radius 2 is 1.90 bits per heavy atom. The molecule has 1 atom stereocenters. The summed E-state index contributed by atoms with van der Waals surface area (Å²) in [5.41, 5.74) is 2.18. The predicted octanol–water partition coefficient (Wildman–Crippen LogP) is 4.46. The summed E-state index contributed by atoms with van der Waals surface area (Å²) in [6, 6.07) is 18.4. The van der Waals surface area contributed by atoms with Crippen molar-refractivity contribution >= 4 is 51.0 Å². The standard InChI is InChI=1S/C21H21N5OS3/c1-14(19(27)22-2)29-20-25-24-18(26(20)12-15-8-4-3-5-9-15)13-28-21-23-16-10-6-7-11-17(16)30-21/h3-11,14H,12-13H2,1-2H3,(H,22,27). The van der Waals surface area contributed by atoms with Gasteiger partial charge in [-0.3, -0.25) is 4.79 Å². The van der Waals surface area contributed by atoms with Crippen LogP contribution < -0.4 is 5.32 Å². The number of carbonyl (C=O) groups excluding carboxylic acids is 1. The van der Waals surface area contributed by atoms with E-state index < -0.39 is 0 Å². The minimum atomic E-state index is -0.251. The predicted molar refractivity (Wildman–Crippen MR) is 124 cm³/mol. The Morgan fingerprint density at radius 3 is 2.67 bits per heavy atom. The van der Waals surface area contributed by atoms with Crippen molar-refractivity contribution in [3.05, 3.63) is 66.0 Å². The second-order valence-electron chi connectivity index (χ2n) is 6.58. The fourth-order valence-electron chi connectivity index (χ4n) is 2.89. The van der Waals surface area contributed by atoms with Crippen LogP contribution in [0.25, 0.3) is 10.2 Å². The van der Waals surface area contributed by atoms with Crippen LogP contribution in [0.2, 0.25) is 0 Å². The minimum Gasteiger partial charge on any atom is -0.358 e. The van der Waals surface area contributed by atoms with Crippen molar-refractivity contribution in [1.82, 2.24) is 25.1 Å². The van der Waals surface area contributed by atoms with Crippen molar-refractivity contribution in [2.24, 2.45) is 0 Å². The van der Waals surface area contributed by atoms with Crippen LogP contribution in [-0.4, -0.2) is 38.0 Å². The summed E-state index contributed by atoms with van der Waals surface area (Å²) < 4.78 is 4.29. The molecule has 4 aromatic rings. The van der Waals surface area contributed by atoms with Gasteiger partial charge < -0.3 is 9.88 Å². The molecule has 4 rings (SSSR count). The van der Waals surface area contributed by atoms with E-state index in [0.29, 0.717) is 12.3 Å². The van der Waals surface area contributed by atoms with Crippen LogP contribution in [0, 0.1) is 0 Å². The number of carbonyl (C=O) groups is 1. The lowest BCUT2D eigenvalue weighted by molar-refractivity contribution is -0.119. The molecule has 1 unspecified atom stereocenters. The van der Waals surface area contributed by atoms with Gasteiger partial charge in [-0.25, -0.2) is 4.98 Å². The smallest absolute Gasteiger partial charge is 0.233 e. The van der Waals surface area contributed by atoms with E-state index in [1.807, 2.05) is 43.3 Å². The Labute approximate surface area is 187 Å². The molecule has 0 aliphatic carbocycles. The van der Waals surface area contributed by atoms with E-state index in [0.717, 1.165) is 26.4 Å². The van der Waals surface area contributed by atoms with E-state index in [4.69, 9.17) is 4.98 Å². The first-order valence-electron chi connectivity index (χ1n) is 9.46. The number of rotatable bonds is 8. The largest absolute Gasteiger partial charge is 0.358 e. The van der Waals surface area contributed by atoms with E-state index in [1.54, 1.807) is 30.1 Å². The SMILES string of the molecule is CNC(=O)C(C)Sc1nnc(CSc2nc3ccccc3s2)n1Cc1ccccc1. The molecule has 0 spiro atoms. The quantitative estimate of drug-likeness (QED) is 0.396. The van der Waals surface area contributed by atoms with Gasteiger partial charge in [0, 0.05) is 7.05 Å². The zero-order valence-electron chi connectivity index (χ0n) is 16.6. The van der Waals surface area contributed by atoms with Crippen molar-refractivity contribution in [3.63, 3.8) is 0 Å². The van der Waals surface area contributed by atoms with Crippen LogP contribution in [0.1, 0.15) is 18.3 Å². The third-order valence-electron chi connectivity index (χ3n) is 4.47. The Morgan fingerprint density at radius 1 is 1.13 bits per heavy atom. The van der Waals surface area contributed by atoms with Gasteiger partial charge in [0.25, 0.3) is 0 Å². The third-order valence-corrected chi connectivity index (χ3v) is 7.73. The number of hydrogen-bond acceptors (Lipinski definition) is 7. The molecule has 2 aromatic carbocycles. The van der Waals surface area contributed by atoms with Gasteiger partial charge in [-0.2, -0.15) is 0 Å². The van der Waals surface area contributed by atoms with E-state index in [9.17, 15) is 4.79 Å². The van der Waals surface area contributed by atoms with E-state index in [-0.39, 0.29) is 11.2 Å². The fraction of sp³-hybridized carbons (Fsp3) is 0.238. The monoisotopic (exact) mass is 455 g/mol. The summed E-state index contributed by atoms with van der Waals surface area (Å²) in [4.78, 5) is 16.7. The number of nitrogens with zero attached hydrogens (tertiary/aromatic N) is 4. The van der Waals surface area contributed by atoms with Crippen LogP contribution in [-0.2, 0) is 17.1 Å². The number of hydrogen-bond donors (Lipinski definition) is 1. The van der Waals surface area contributed by atoms with Crippen molar-refractivity contribution in [2.75, 3.05) is 7.05 Å². The van der Waals surface area contributed by atoms with Crippen LogP contribution in [0.3, 0.4) is 0 Å². The highest BCUT2D eigenvalue weighted by atomic mass is 32.2. The molecule has 0 saturated heterocycles. The zero-order chi connectivity index (χ0) is 20.9. The van der Waals surface area contributed by atoms with Gasteiger partial charge in [-0.05, 0) is 24.6 Å². The van der Waals surface area contributed by atoms with Crippen molar-refractivity contribution in [3.8, 4) is 0 Å². The summed E-state index contributed by atoms with van der Waals surface area (Å²) in [7, 11) is 1.65. The molecule has 154 valence electrons. The maximum absolute atomic E-state index is 12.0. The first-order chi connectivity index (χ1) is 14.6. The van der Waals surface area contributed by atoms with Gasteiger partial charge in [-0.1, -0.05) is 66.0 Å². The van der Waals surface area contributed by atoms with Gasteiger partial charge in [0.2, 0.25) is 5.91 Å². The van der Waals surface area contributed by atoms with E-state index in [1.165, 1.54) is 16.5 Å². The molecular weight excluding hydrogens is 434 g/mol. The molecule has 2 heterocycles. The number of benzene rings is 2. The second-order valence-corrected chi connectivity index (χ2v) is 10.1. The molecule has 0 fully saturated rings. The molecule has 0 saturated carbocycles. The number of amides is 1. The highest BCUT2D eigenvalue weighted by molar-refractivity contribution is 8.00. The van der Waals surface area contributed by atoms with Gasteiger partial charge >= 0.3 is 0 Å². The molecule has 6 nitrogen and oxygen atoms in total. The van der Waals surface area contributed by atoms with Gasteiger partial charge in [0.1, 0.15) is 5.82 Å². The van der Waals surface area contributed by atoms with Crippen LogP contribution >= 0.6 is 34.9 Å². The Hall–Kier alpha value is -2.36. The molecule has 0 bridgehead atoms. The molecular formula is C21H21N5OS3. The lowest BCUT2D eigenvalue weighted by atomic mass is 10.2. The molecule has 1 amide bonds. The molecule has 30 heavy (non-hydrogen) atoms. The lowest BCUT2D eigenvalue weighted by Crippen LogP contribution is -2.27. The number of aromatic nitrogens is 4. The van der Waals surface area contributed by atoms with E-state index in [2.05, 4.69) is 38.3 Å². The van der Waals surface area contributed by atoms with Crippen molar-refractivity contribution < 1.29 is 4.79 Å². The number of thioether (sulfide) groups is 2. The Bertz CT molecular complexity index is 1110. The van der Waals surface area contributed by atoms with E-state index >= 15 is 0 Å². The van der Waals surface area contributed by atoms with Crippen molar-refractivity contribution in [1.29, 1.82) is 0 Å². The lowest BCUT2D eigenvalue weighted by Gasteiger charge is -2.12. The molecule has 0 aliphatic heterocycles. The van der Waals surface area contributed by atoms with Gasteiger partial charge in [-0.15, -0.1) is 21.5 Å².